The average Bonchev–Trinajstić information content (AvgIpc) is 2.19. The van der Waals surface area contributed by atoms with Crippen molar-refractivity contribution in [2.24, 2.45) is 0 Å². The van der Waals surface area contributed by atoms with E-state index in [4.69, 9.17) is 21.6 Å². The Morgan fingerprint density at radius 2 is 2.13 bits per heavy atom. The lowest BCUT2D eigenvalue weighted by Gasteiger charge is -2.07. The van der Waals surface area contributed by atoms with Crippen LogP contribution in [0.1, 0.15) is 10.4 Å². The van der Waals surface area contributed by atoms with Crippen molar-refractivity contribution in [3.8, 4) is 0 Å². The highest BCUT2D eigenvalue weighted by Crippen LogP contribution is 2.14. The van der Waals surface area contributed by atoms with E-state index in [1.807, 2.05) is 0 Å². The Hall–Kier alpha value is -1.11. The first-order chi connectivity index (χ1) is 6.97. The molecule has 80 valence electrons. The summed E-state index contributed by atoms with van der Waals surface area (Å²) in [6.45, 7) is 0. The first kappa shape index (κ1) is 12.0. The molecule has 15 heavy (non-hydrogen) atoms. The predicted molar refractivity (Wildman–Crippen MR) is 52.6 cm³/mol. The van der Waals surface area contributed by atoms with E-state index in [0.717, 1.165) is 19.2 Å². The molecule has 0 bridgehead atoms. The van der Waals surface area contributed by atoms with Crippen molar-refractivity contribution in [2.45, 2.75) is 0 Å². The highest BCUT2D eigenvalue weighted by atomic mass is 35.5. The summed E-state index contributed by atoms with van der Waals surface area (Å²) >= 11 is 5.57. The van der Waals surface area contributed by atoms with Gasteiger partial charge in [0, 0.05) is 10.5 Å². The molecule has 0 atom stereocenters. The summed E-state index contributed by atoms with van der Waals surface area (Å²) in [5, 5.41) is 17.6. The van der Waals surface area contributed by atoms with Crippen molar-refractivity contribution in [1.82, 2.24) is 0 Å². The number of rotatable bonds is 2. The van der Waals surface area contributed by atoms with E-state index >= 15 is 0 Å². The number of esters is 1. The van der Waals surface area contributed by atoms with Crippen molar-refractivity contribution < 1.29 is 24.0 Å². The molecule has 0 aliphatic carbocycles. The largest absolute Gasteiger partial charge is 0.491 e. The second-order valence-electron chi connectivity index (χ2n) is 2.72. The van der Waals surface area contributed by atoms with Crippen molar-refractivity contribution in [3.63, 3.8) is 0 Å². The zero-order chi connectivity index (χ0) is 11.6. The predicted octanol–water partition coefficient (Wildman–Crippen LogP) is -0.0545. The van der Waals surface area contributed by atoms with E-state index in [1.54, 1.807) is 0 Å². The second kappa shape index (κ2) is 4.61. The van der Waals surface area contributed by atoms with Gasteiger partial charge in [0.25, 0.3) is 0 Å². The SMILES string of the molecule is COC(=O)c1cc(Cl)cc(B(O)O)c1F. The minimum Gasteiger partial charge on any atom is -0.465 e. The van der Waals surface area contributed by atoms with E-state index < -0.39 is 29.9 Å². The van der Waals surface area contributed by atoms with Gasteiger partial charge >= 0.3 is 13.1 Å². The molecule has 0 amide bonds. The number of ether oxygens (including phenoxy) is 1. The first-order valence-corrected chi connectivity index (χ1v) is 4.28. The Bertz CT molecular complexity index is 396. The van der Waals surface area contributed by atoms with E-state index in [2.05, 4.69) is 4.74 Å². The molecule has 0 saturated heterocycles. The van der Waals surface area contributed by atoms with Gasteiger partial charge in [-0.25, -0.2) is 9.18 Å². The van der Waals surface area contributed by atoms with Gasteiger partial charge in [0.2, 0.25) is 0 Å². The lowest BCUT2D eigenvalue weighted by Crippen LogP contribution is -2.34. The van der Waals surface area contributed by atoms with E-state index in [-0.39, 0.29) is 5.02 Å². The Kier molecular flexibility index (Phi) is 3.68. The van der Waals surface area contributed by atoms with Crippen molar-refractivity contribution in [1.29, 1.82) is 0 Å². The lowest BCUT2D eigenvalue weighted by atomic mass is 9.79. The number of methoxy groups -OCH3 is 1. The van der Waals surface area contributed by atoms with Crippen LogP contribution in [-0.2, 0) is 4.74 Å². The molecule has 1 rings (SSSR count). The molecular weight excluding hydrogens is 225 g/mol. The molecule has 0 fully saturated rings. The van der Waals surface area contributed by atoms with Gasteiger partial charge in [-0.05, 0) is 12.1 Å². The minimum atomic E-state index is -2.04. The number of carbonyl (C=O) groups is 1. The molecule has 0 saturated carbocycles. The summed E-state index contributed by atoms with van der Waals surface area (Å²) in [4.78, 5) is 11.1. The van der Waals surface area contributed by atoms with Crippen LogP contribution in [0.2, 0.25) is 5.02 Å². The number of hydrogen-bond donors (Lipinski definition) is 2. The number of benzene rings is 1. The van der Waals surface area contributed by atoms with Gasteiger partial charge in [0.15, 0.2) is 0 Å². The van der Waals surface area contributed by atoms with Crippen molar-refractivity contribution >= 4 is 30.2 Å². The fourth-order valence-corrected chi connectivity index (χ4v) is 1.28. The van der Waals surface area contributed by atoms with E-state index in [9.17, 15) is 9.18 Å². The van der Waals surface area contributed by atoms with Gasteiger partial charge in [-0.15, -0.1) is 0 Å². The molecule has 4 nitrogen and oxygen atoms in total. The van der Waals surface area contributed by atoms with Crippen LogP contribution < -0.4 is 5.46 Å². The third-order valence-electron chi connectivity index (χ3n) is 1.75. The molecule has 0 aliphatic heterocycles. The molecule has 1 aromatic rings. The van der Waals surface area contributed by atoms with Gasteiger partial charge < -0.3 is 14.8 Å². The first-order valence-electron chi connectivity index (χ1n) is 3.90. The van der Waals surface area contributed by atoms with Crippen LogP contribution in [0.3, 0.4) is 0 Å². The fourth-order valence-electron chi connectivity index (χ4n) is 1.06. The van der Waals surface area contributed by atoms with Crippen LogP contribution in [0.4, 0.5) is 4.39 Å². The molecule has 7 heteroatoms. The standard InChI is InChI=1S/C8H7BClFO4/c1-15-8(12)5-2-4(10)3-6(7(5)11)9(13)14/h2-3,13-14H,1H3. The lowest BCUT2D eigenvalue weighted by molar-refractivity contribution is 0.0596. The highest BCUT2D eigenvalue weighted by Gasteiger charge is 2.23. The highest BCUT2D eigenvalue weighted by molar-refractivity contribution is 6.59. The summed E-state index contributed by atoms with van der Waals surface area (Å²) in [6, 6.07) is 2.07. The van der Waals surface area contributed by atoms with E-state index in [1.165, 1.54) is 0 Å². The van der Waals surface area contributed by atoms with Crippen LogP contribution in [0, 0.1) is 5.82 Å². The summed E-state index contributed by atoms with van der Waals surface area (Å²) in [7, 11) is -0.954. The molecule has 0 unspecified atom stereocenters. The average molecular weight is 232 g/mol. The maximum Gasteiger partial charge on any atom is 0.491 e. The summed E-state index contributed by atoms with van der Waals surface area (Å²) in [6.07, 6.45) is 0. The number of hydrogen-bond acceptors (Lipinski definition) is 4. The maximum atomic E-state index is 13.5. The monoisotopic (exact) mass is 232 g/mol. The second-order valence-corrected chi connectivity index (χ2v) is 3.16. The summed E-state index contributed by atoms with van der Waals surface area (Å²) < 4.78 is 17.8. The fraction of sp³-hybridized carbons (Fsp3) is 0.125. The van der Waals surface area contributed by atoms with Crippen LogP contribution >= 0.6 is 11.6 Å². The molecule has 0 radical (unpaired) electrons. The molecule has 0 spiro atoms. The number of carbonyl (C=O) groups excluding carboxylic acids is 1. The summed E-state index contributed by atoms with van der Waals surface area (Å²) in [5.74, 6) is -1.99. The molecule has 1 aromatic carbocycles. The quantitative estimate of drug-likeness (QED) is 0.554. The van der Waals surface area contributed by atoms with Gasteiger partial charge in [0.1, 0.15) is 5.82 Å². The molecule has 0 aliphatic rings. The maximum absolute atomic E-state index is 13.5. The third kappa shape index (κ3) is 2.47. The van der Waals surface area contributed by atoms with Crippen LogP contribution in [-0.4, -0.2) is 30.2 Å². The minimum absolute atomic E-state index is 0.0138. The zero-order valence-electron chi connectivity index (χ0n) is 7.70. The van der Waals surface area contributed by atoms with Gasteiger partial charge in [-0.1, -0.05) is 11.6 Å². The van der Waals surface area contributed by atoms with Crippen molar-refractivity contribution in [3.05, 3.63) is 28.5 Å². The van der Waals surface area contributed by atoms with Crippen LogP contribution in [0.25, 0.3) is 0 Å². The Morgan fingerprint density at radius 3 is 2.60 bits per heavy atom. The zero-order valence-corrected chi connectivity index (χ0v) is 8.45. The topological polar surface area (TPSA) is 66.8 Å². The van der Waals surface area contributed by atoms with Crippen LogP contribution in [0.5, 0.6) is 0 Å². The molecular formula is C8H7BClFO4. The third-order valence-corrected chi connectivity index (χ3v) is 1.97. The van der Waals surface area contributed by atoms with Gasteiger partial charge in [0.05, 0.1) is 12.7 Å². The van der Waals surface area contributed by atoms with E-state index in [0.29, 0.717) is 0 Å². The molecule has 0 aromatic heterocycles. The van der Waals surface area contributed by atoms with Gasteiger partial charge in [-0.2, -0.15) is 0 Å². The Morgan fingerprint density at radius 1 is 1.53 bits per heavy atom. The Balaban J connectivity index is 3.34. The molecule has 0 heterocycles. The number of halogens is 2. The summed E-state index contributed by atoms with van der Waals surface area (Å²) in [5.41, 5.74) is -0.906. The van der Waals surface area contributed by atoms with Gasteiger partial charge in [-0.3, -0.25) is 0 Å². The van der Waals surface area contributed by atoms with Crippen molar-refractivity contribution in [2.75, 3.05) is 7.11 Å². The Labute approximate surface area is 90.4 Å². The normalized spacial score (nSPS) is 9.93. The smallest absolute Gasteiger partial charge is 0.465 e. The molecule has 2 N–H and O–H groups in total. The van der Waals surface area contributed by atoms with Crippen LogP contribution in [0.15, 0.2) is 12.1 Å².